The second-order valence-corrected chi connectivity index (χ2v) is 7.65. The van der Waals surface area contributed by atoms with Crippen molar-refractivity contribution in [3.63, 3.8) is 0 Å². The van der Waals surface area contributed by atoms with Gasteiger partial charge in [-0.3, -0.25) is 14.7 Å². The average molecular weight is 329 g/mol. The maximum absolute atomic E-state index is 12.6. The molecule has 1 amide bonds. The Morgan fingerprint density at radius 3 is 3.00 bits per heavy atom. The quantitative estimate of drug-likeness (QED) is 0.852. The topological polar surface area (TPSA) is 45.7 Å². The van der Waals surface area contributed by atoms with Crippen LogP contribution in [-0.4, -0.2) is 59.6 Å². The maximum Gasteiger partial charge on any atom is 0.251 e. The van der Waals surface area contributed by atoms with Crippen LogP contribution >= 0.6 is 0 Å². The van der Waals surface area contributed by atoms with Gasteiger partial charge in [0.2, 0.25) is 0 Å². The van der Waals surface area contributed by atoms with Crippen LogP contribution in [0.25, 0.3) is 0 Å². The first kappa shape index (κ1) is 16.0. The molecule has 0 unspecified atom stereocenters. The number of ether oxygens (including phenoxy) is 1. The van der Waals surface area contributed by atoms with Gasteiger partial charge in [-0.15, -0.1) is 0 Å². The van der Waals surface area contributed by atoms with Gasteiger partial charge in [0, 0.05) is 44.4 Å². The Bertz CT molecular complexity index is 573. The van der Waals surface area contributed by atoms with E-state index in [9.17, 15) is 4.79 Å². The van der Waals surface area contributed by atoms with Gasteiger partial charge in [0.1, 0.15) is 6.10 Å². The Kier molecular flexibility index (Phi) is 4.55. The zero-order valence-electron chi connectivity index (χ0n) is 14.3. The monoisotopic (exact) mass is 329 g/mol. The summed E-state index contributed by atoms with van der Waals surface area (Å²) >= 11 is 0. The summed E-state index contributed by atoms with van der Waals surface area (Å²) in [6, 6.07) is 6.12. The fraction of sp³-hybridized carbons (Fsp3) is 0.684. The number of carbonyl (C=O) groups excluding carboxylic acids is 1. The number of hydrogen-bond donors (Lipinski definition) is 0. The minimum atomic E-state index is -0.173. The van der Waals surface area contributed by atoms with Crippen molar-refractivity contribution in [3.05, 3.63) is 30.1 Å². The minimum absolute atomic E-state index is 0.173. The molecule has 4 rings (SSSR count). The summed E-state index contributed by atoms with van der Waals surface area (Å²) in [5.41, 5.74) is 1.42. The number of hydrogen-bond acceptors (Lipinski definition) is 4. The molecule has 3 saturated heterocycles. The first-order valence-electron chi connectivity index (χ1n) is 9.27. The van der Waals surface area contributed by atoms with E-state index in [0.29, 0.717) is 0 Å². The summed E-state index contributed by atoms with van der Waals surface area (Å²) in [5.74, 6) is 0.228. The summed E-state index contributed by atoms with van der Waals surface area (Å²) in [4.78, 5) is 21.7. The lowest BCUT2D eigenvalue weighted by atomic mass is 9.79. The fourth-order valence-electron chi connectivity index (χ4n) is 4.60. The van der Waals surface area contributed by atoms with Crippen LogP contribution in [0, 0.1) is 5.41 Å². The van der Waals surface area contributed by atoms with Gasteiger partial charge in [0.05, 0.1) is 5.69 Å². The van der Waals surface area contributed by atoms with Gasteiger partial charge in [-0.1, -0.05) is 6.07 Å². The van der Waals surface area contributed by atoms with E-state index in [2.05, 4.69) is 26.9 Å². The van der Waals surface area contributed by atoms with Crippen LogP contribution in [0.5, 0.6) is 0 Å². The first-order valence-corrected chi connectivity index (χ1v) is 9.27. The molecule has 0 aliphatic carbocycles. The van der Waals surface area contributed by atoms with Crippen molar-refractivity contribution in [2.24, 2.45) is 5.41 Å². The Labute approximate surface area is 144 Å². The third-order valence-electron chi connectivity index (χ3n) is 5.81. The maximum atomic E-state index is 12.6. The van der Waals surface area contributed by atoms with E-state index in [1.165, 1.54) is 12.8 Å². The van der Waals surface area contributed by atoms with Crippen LogP contribution in [0.4, 0.5) is 0 Å². The van der Waals surface area contributed by atoms with Gasteiger partial charge >= 0.3 is 0 Å². The van der Waals surface area contributed by atoms with Gasteiger partial charge in [0.25, 0.3) is 5.91 Å². The molecule has 130 valence electrons. The van der Waals surface area contributed by atoms with Gasteiger partial charge in [-0.05, 0) is 50.8 Å². The van der Waals surface area contributed by atoms with Crippen LogP contribution in [0.2, 0.25) is 0 Å². The second kappa shape index (κ2) is 6.81. The largest absolute Gasteiger partial charge is 0.368 e. The summed E-state index contributed by atoms with van der Waals surface area (Å²) in [6.07, 6.45) is 7.20. The summed E-state index contributed by atoms with van der Waals surface area (Å²) in [7, 11) is 0. The molecule has 3 aliphatic rings. The summed E-state index contributed by atoms with van der Waals surface area (Å²) in [6.45, 7) is 5.69. The van der Waals surface area contributed by atoms with Crippen molar-refractivity contribution in [1.29, 1.82) is 0 Å². The van der Waals surface area contributed by atoms with E-state index in [0.717, 1.165) is 64.3 Å². The number of nitrogens with zero attached hydrogens (tertiary/aromatic N) is 3. The Balaban J connectivity index is 1.37. The summed E-state index contributed by atoms with van der Waals surface area (Å²) < 4.78 is 5.59. The van der Waals surface area contributed by atoms with E-state index in [4.69, 9.17) is 4.74 Å². The molecule has 0 aromatic carbocycles. The predicted octanol–water partition coefficient (Wildman–Crippen LogP) is 2.08. The highest BCUT2D eigenvalue weighted by atomic mass is 16.5. The second-order valence-electron chi connectivity index (χ2n) is 7.65. The first-order chi connectivity index (χ1) is 11.7. The molecule has 2 atom stereocenters. The van der Waals surface area contributed by atoms with Crippen molar-refractivity contribution >= 4 is 5.91 Å². The Morgan fingerprint density at radius 2 is 2.21 bits per heavy atom. The van der Waals surface area contributed by atoms with E-state index in [1.54, 1.807) is 0 Å². The van der Waals surface area contributed by atoms with Gasteiger partial charge in [-0.25, -0.2) is 0 Å². The molecule has 3 fully saturated rings. The molecule has 0 N–H and O–H groups in total. The molecule has 1 spiro atoms. The van der Waals surface area contributed by atoms with Gasteiger partial charge in [0.15, 0.2) is 0 Å². The van der Waals surface area contributed by atoms with E-state index < -0.39 is 0 Å². The van der Waals surface area contributed by atoms with Crippen LogP contribution in [0.3, 0.4) is 0 Å². The van der Waals surface area contributed by atoms with Crippen LogP contribution < -0.4 is 0 Å². The van der Waals surface area contributed by atoms with Crippen molar-refractivity contribution in [1.82, 2.24) is 14.8 Å². The minimum Gasteiger partial charge on any atom is -0.368 e. The number of rotatable bonds is 3. The normalized spacial score (nSPS) is 31.0. The zero-order valence-corrected chi connectivity index (χ0v) is 14.3. The fourth-order valence-corrected chi connectivity index (χ4v) is 4.60. The highest BCUT2D eigenvalue weighted by Crippen LogP contribution is 2.39. The van der Waals surface area contributed by atoms with E-state index in [1.807, 2.05) is 12.3 Å². The van der Waals surface area contributed by atoms with Crippen molar-refractivity contribution < 1.29 is 9.53 Å². The molecular weight excluding hydrogens is 302 g/mol. The highest BCUT2D eigenvalue weighted by molar-refractivity contribution is 5.81. The SMILES string of the molecule is O=C([C@@H]1CCCO1)N1CC[C@]2(CCCN(Cc3ccccn3)C2)C1. The molecular formula is C19H27N3O2. The molecule has 24 heavy (non-hydrogen) atoms. The number of piperidine rings is 1. The van der Waals surface area contributed by atoms with Crippen molar-refractivity contribution in [2.45, 2.75) is 44.8 Å². The molecule has 5 nitrogen and oxygen atoms in total. The van der Waals surface area contributed by atoms with Crippen LogP contribution in [0.1, 0.15) is 37.8 Å². The van der Waals surface area contributed by atoms with Crippen molar-refractivity contribution in [2.75, 3.05) is 32.8 Å². The lowest BCUT2D eigenvalue weighted by Gasteiger charge is -2.40. The lowest BCUT2D eigenvalue weighted by Crippen LogP contribution is -2.46. The molecule has 4 heterocycles. The Hall–Kier alpha value is -1.46. The standard InChI is InChI=1S/C19H27N3O2/c23-18(17-6-3-12-24-17)22-11-8-19(15-22)7-4-10-21(14-19)13-16-5-1-2-9-20-16/h1-2,5,9,17H,3-4,6-8,10-15H2/t17-,19-/m0/s1. The van der Waals surface area contributed by atoms with Crippen LogP contribution in [-0.2, 0) is 16.1 Å². The van der Waals surface area contributed by atoms with Gasteiger partial charge < -0.3 is 9.64 Å². The summed E-state index contributed by atoms with van der Waals surface area (Å²) in [5, 5.41) is 0. The van der Waals surface area contributed by atoms with Gasteiger partial charge in [-0.2, -0.15) is 0 Å². The Morgan fingerprint density at radius 1 is 1.25 bits per heavy atom. The molecule has 1 aromatic heterocycles. The highest BCUT2D eigenvalue weighted by Gasteiger charge is 2.44. The number of amides is 1. The number of likely N-dealkylation sites (tertiary alicyclic amines) is 2. The number of pyridine rings is 1. The average Bonchev–Trinajstić information content (AvgIpc) is 3.26. The smallest absolute Gasteiger partial charge is 0.251 e. The van der Waals surface area contributed by atoms with Crippen LogP contribution in [0.15, 0.2) is 24.4 Å². The predicted molar refractivity (Wildman–Crippen MR) is 91.4 cm³/mol. The molecule has 0 saturated carbocycles. The zero-order chi connectivity index (χ0) is 16.4. The lowest BCUT2D eigenvalue weighted by molar-refractivity contribution is -0.140. The molecule has 0 bridgehead atoms. The molecule has 0 radical (unpaired) electrons. The molecule has 1 aromatic rings. The third-order valence-corrected chi connectivity index (χ3v) is 5.81. The molecule has 5 heteroatoms. The van der Waals surface area contributed by atoms with E-state index in [-0.39, 0.29) is 17.4 Å². The van der Waals surface area contributed by atoms with E-state index >= 15 is 0 Å². The van der Waals surface area contributed by atoms with Crippen molar-refractivity contribution in [3.8, 4) is 0 Å². The third kappa shape index (κ3) is 3.33. The number of aromatic nitrogens is 1. The molecule has 3 aliphatic heterocycles. The number of carbonyl (C=O) groups is 1.